The first-order chi connectivity index (χ1) is 8.36. The molecule has 0 spiro atoms. The number of ether oxygens (including phenoxy) is 1. The van der Waals surface area contributed by atoms with Crippen molar-refractivity contribution in [1.82, 2.24) is 9.36 Å². The van der Waals surface area contributed by atoms with Crippen molar-refractivity contribution in [3.05, 3.63) is 28.5 Å². The number of hydrogen-bond acceptors (Lipinski definition) is 5. The summed E-state index contributed by atoms with van der Waals surface area (Å²) in [4.78, 5) is 3.25. The van der Waals surface area contributed by atoms with Crippen LogP contribution in [0.4, 0.5) is 18.9 Å². The molecule has 0 fully saturated rings. The topological polar surface area (TPSA) is 61.0 Å². The molecule has 0 bridgehead atoms. The Labute approximate surface area is 112 Å². The van der Waals surface area contributed by atoms with Crippen molar-refractivity contribution < 1.29 is 17.9 Å². The molecular formula is C9H5BrF3N3OS. The van der Waals surface area contributed by atoms with Gasteiger partial charge in [0.1, 0.15) is 5.75 Å². The van der Waals surface area contributed by atoms with Gasteiger partial charge in [0.25, 0.3) is 11.0 Å². The highest BCUT2D eigenvalue weighted by Gasteiger charge is 2.36. The van der Waals surface area contributed by atoms with E-state index in [1.807, 2.05) is 0 Å². The maximum atomic E-state index is 12.3. The Kier molecular flexibility index (Phi) is 3.44. The predicted molar refractivity (Wildman–Crippen MR) is 63.5 cm³/mol. The average Bonchev–Trinajstić information content (AvgIpc) is 2.71. The van der Waals surface area contributed by atoms with E-state index in [1.165, 1.54) is 6.07 Å². The summed E-state index contributed by atoms with van der Waals surface area (Å²) < 4.78 is 45.8. The molecule has 2 aromatic rings. The summed E-state index contributed by atoms with van der Waals surface area (Å²) in [7, 11) is 0. The first kappa shape index (κ1) is 13.1. The first-order valence-electron chi connectivity index (χ1n) is 4.50. The highest BCUT2D eigenvalue weighted by atomic mass is 79.9. The molecule has 0 amide bonds. The zero-order valence-corrected chi connectivity index (χ0v) is 10.9. The second kappa shape index (κ2) is 4.73. The summed E-state index contributed by atoms with van der Waals surface area (Å²) in [5.74, 6) is -0.942. The van der Waals surface area contributed by atoms with Gasteiger partial charge in [-0.2, -0.15) is 22.5 Å². The molecule has 18 heavy (non-hydrogen) atoms. The molecule has 0 aliphatic carbocycles. The van der Waals surface area contributed by atoms with E-state index in [9.17, 15) is 13.2 Å². The van der Waals surface area contributed by atoms with Crippen LogP contribution in [0.1, 0.15) is 5.82 Å². The molecule has 1 aromatic carbocycles. The summed E-state index contributed by atoms with van der Waals surface area (Å²) in [5, 5.41) is -0.200. The minimum atomic E-state index is -4.58. The molecule has 0 aliphatic rings. The Morgan fingerprint density at radius 3 is 2.67 bits per heavy atom. The van der Waals surface area contributed by atoms with E-state index in [0.717, 1.165) is 0 Å². The van der Waals surface area contributed by atoms with Gasteiger partial charge in [0.15, 0.2) is 0 Å². The van der Waals surface area contributed by atoms with Gasteiger partial charge in [-0.15, -0.1) is 0 Å². The quantitative estimate of drug-likeness (QED) is 0.847. The van der Waals surface area contributed by atoms with E-state index in [1.54, 1.807) is 12.1 Å². The van der Waals surface area contributed by atoms with Gasteiger partial charge in [0, 0.05) is 23.3 Å². The largest absolute Gasteiger partial charge is 0.452 e. The number of nitrogens with two attached hydrogens (primary N) is 1. The fourth-order valence-corrected chi connectivity index (χ4v) is 1.95. The molecule has 2 N–H and O–H groups in total. The molecule has 96 valence electrons. The lowest BCUT2D eigenvalue weighted by Crippen LogP contribution is -2.06. The van der Waals surface area contributed by atoms with E-state index in [0.29, 0.717) is 21.7 Å². The van der Waals surface area contributed by atoms with Crippen LogP contribution >= 0.6 is 27.5 Å². The maximum Gasteiger partial charge on any atom is 0.452 e. The lowest BCUT2D eigenvalue weighted by Gasteiger charge is -2.04. The van der Waals surface area contributed by atoms with Crippen LogP contribution in [0.15, 0.2) is 22.7 Å². The molecule has 0 saturated carbocycles. The average molecular weight is 340 g/mol. The SMILES string of the molecule is Nc1ccc(Br)c(Oc2nc(C(F)(F)F)ns2)c1. The van der Waals surface area contributed by atoms with Crippen LogP contribution in [0, 0.1) is 0 Å². The molecule has 4 nitrogen and oxygen atoms in total. The Hall–Kier alpha value is -1.35. The molecule has 0 saturated heterocycles. The number of alkyl halides is 3. The zero-order valence-electron chi connectivity index (χ0n) is 8.53. The van der Waals surface area contributed by atoms with Crippen molar-refractivity contribution >= 4 is 33.1 Å². The summed E-state index contributed by atoms with van der Waals surface area (Å²) in [6, 6.07) is 4.72. The maximum absolute atomic E-state index is 12.3. The van der Waals surface area contributed by atoms with Crippen LogP contribution in [0.25, 0.3) is 0 Å². The Bertz CT molecular complexity index is 572. The molecule has 1 aromatic heterocycles. The Morgan fingerprint density at radius 1 is 1.33 bits per heavy atom. The van der Waals surface area contributed by atoms with Crippen LogP contribution in [-0.4, -0.2) is 9.36 Å². The fraction of sp³-hybridized carbons (Fsp3) is 0.111. The van der Waals surface area contributed by atoms with Crippen LogP contribution in [0.3, 0.4) is 0 Å². The van der Waals surface area contributed by atoms with Crippen molar-refractivity contribution in [3.63, 3.8) is 0 Å². The number of anilines is 1. The molecule has 0 atom stereocenters. The van der Waals surface area contributed by atoms with Gasteiger partial charge in [-0.05, 0) is 28.1 Å². The third-order valence-electron chi connectivity index (χ3n) is 1.81. The molecule has 9 heteroatoms. The highest BCUT2D eigenvalue weighted by Crippen LogP contribution is 2.34. The number of aromatic nitrogens is 2. The van der Waals surface area contributed by atoms with Gasteiger partial charge >= 0.3 is 6.18 Å². The van der Waals surface area contributed by atoms with E-state index >= 15 is 0 Å². The number of hydrogen-bond donors (Lipinski definition) is 1. The second-order valence-corrected chi connectivity index (χ2v) is 4.74. The van der Waals surface area contributed by atoms with Crippen molar-refractivity contribution in [3.8, 4) is 10.9 Å². The number of halogens is 4. The van der Waals surface area contributed by atoms with E-state index < -0.39 is 12.0 Å². The van der Waals surface area contributed by atoms with Gasteiger partial charge in [0.2, 0.25) is 0 Å². The summed E-state index contributed by atoms with van der Waals surface area (Å²) in [6.45, 7) is 0. The highest BCUT2D eigenvalue weighted by molar-refractivity contribution is 9.10. The molecule has 0 aliphatic heterocycles. The summed E-state index contributed by atoms with van der Waals surface area (Å²) >= 11 is 3.71. The van der Waals surface area contributed by atoms with Crippen LogP contribution in [-0.2, 0) is 6.18 Å². The second-order valence-electron chi connectivity index (χ2n) is 3.17. The van der Waals surface area contributed by atoms with Gasteiger partial charge in [0.05, 0.1) is 4.47 Å². The molecule has 0 radical (unpaired) electrons. The number of nitrogens with zero attached hydrogens (tertiary/aromatic N) is 2. The van der Waals surface area contributed by atoms with Gasteiger partial charge in [-0.1, -0.05) is 0 Å². The fourth-order valence-electron chi connectivity index (χ4n) is 1.06. The summed E-state index contributed by atoms with van der Waals surface area (Å²) in [6.07, 6.45) is -4.58. The minimum Gasteiger partial charge on any atom is -0.429 e. The normalized spacial score (nSPS) is 11.6. The van der Waals surface area contributed by atoms with Gasteiger partial charge in [-0.25, -0.2) is 0 Å². The van der Waals surface area contributed by atoms with Crippen LogP contribution < -0.4 is 10.5 Å². The third kappa shape index (κ3) is 2.91. The number of nitrogen functional groups attached to an aromatic ring is 1. The van der Waals surface area contributed by atoms with Crippen LogP contribution in [0.2, 0.25) is 0 Å². The standard InChI is InChI=1S/C9H5BrF3N3OS/c10-5-2-1-4(14)3-6(5)17-8-15-7(16-18-8)9(11,12)13/h1-3H,14H2. The van der Waals surface area contributed by atoms with Crippen molar-refractivity contribution in [1.29, 1.82) is 0 Å². The molecule has 2 rings (SSSR count). The summed E-state index contributed by atoms with van der Waals surface area (Å²) in [5.41, 5.74) is 5.97. The van der Waals surface area contributed by atoms with E-state index in [-0.39, 0.29) is 10.9 Å². The predicted octanol–water partition coefficient (Wildman–Crippen LogP) is 3.69. The Balaban J connectivity index is 2.24. The van der Waals surface area contributed by atoms with E-state index in [2.05, 4.69) is 25.3 Å². The minimum absolute atomic E-state index is 0.200. The van der Waals surface area contributed by atoms with Gasteiger partial charge < -0.3 is 10.5 Å². The van der Waals surface area contributed by atoms with Gasteiger partial charge in [-0.3, -0.25) is 0 Å². The van der Waals surface area contributed by atoms with Crippen molar-refractivity contribution in [2.75, 3.05) is 5.73 Å². The number of benzene rings is 1. The van der Waals surface area contributed by atoms with Crippen molar-refractivity contribution in [2.24, 2.45) is 0 Å². The van der Waals surface area contributed by atoms with Crippen LogP contribution in [0.5, 0.6) is 10.9 Å². The first-order valence-corrected chi connectivity index (χ1v) is 6.06. The lowest BCUT2D eigenvalue weighted by molar-refractivity contribution is -0.144. The monoisotopic (exact) mass is 339 g/mol. The number of rotatable bonds is 2. The lowest BCUT2D eigenvalue weighted by atomic mass is 10.3. The smallest absolute Gasteiger partial charge is 0.429 e. The molecule has 0 unspecified atom stereocenters. The Morgan fingerprint density at radius 2 is 2.06 bits per heavy atom. The molecular weight excluding hydrogens is 335 g/mol. The van der Waals surface area contributed by atoms with Crippen molar-refractivity contribution in [2.45, 2.75) is 6.18 Å². The van der Waals surface area contributed by atoms with E-state index in [4.69, 9.17) is 10.5 Å². The zero-order chi connectivity index (χ0) is 13.3. The molecule has 1 heterocycles. The third-order valence-corrected chi connectivity index (χ3v) is 3.06.